The van der Waals surface area contributed by atoms with Crippen LogP contribution in [0.1, 0.15) is 21.5 Å². The highest BCUT2D eigenvalue weighted by atomic mass is 79.9. The molecule has 0 unspecified atom stereocenters. The number of carbonyl (C=O) groups excluding carboxylic acids is 1. The minimum Gasteiger partial charge on any atom is -0.506 e. The third-order valence-corrected chi connectivity index (χ3v) is 4.01. The van der Waals surface area contributed by atoms with Crippen LogP contribution < -0.4 is 0 Å². The Balaban J connectivity index is 2.21. The molecule has 0 aromatic heterocycles. The van der Waals surface area contributed by atoms with E-state index in [0.29, 0.717) is 14.5 Å². The van der Waals surface area contributed by atoms with Gasteiger partial charge < -0.3 is 5.11 Å². The average molecular weight is 396 g/mol. The summed E-state index contributed by atoms with van der Waals surface area (Å²) in [7, 11) is 0. The quantitative estimate of drug-likeness (QED) is 0.578. The molecule has 0 radical (unpaired) electrons. The van der Waals surface area contributed by atoms with Crippen LogP contribution in [-0.2, 0) is 0 Å². The van der Waals surface area contributed by atoms with Gasteiger partial charge in [-0.2, -0.15) is 0 Å². The Bertz CT molecular complexity index is 650. The number of allylic oxidation sites excluding steroid dienone is 1. The van der Waals surface area contributed by atoms with Gasteiger partial charge in [0, 0.05) is 5.56 Å². The largest absolute Gasteiger partial charge is 0.506 e. The molecule has 0 aliphatic heterocycles. The van der Waals surface area contributed by atoms with Crippen molar-refractivity contribution in [2.75, 3.05) is 0 Å². The van der Waals surface area contributed by atoms with Gasteiger partial charge in [-0.25, -0.2) is 0 Å². The van der Waals surface area contributed by atoms with Gasteiger partial charge >= 0.3 is 0 Å². The van der Waals surface area contributed by atoms with Gasteiger partial charge in [0.2, 0.25) is 0 Å². The molecule has 0 spiro atoms. The van der Waals surface area contributed by atoms with Crippen LogP contribution in [0.5, 0.6) is 5.75 Å². The lowest BCUT2D eigenvalue weighted by Crippen LogP contribution is -1.93. The standard InChI is InChI=1S/C16H12Br2O2/c1-10-2-5-12(6-3-10)15(19)7-4-11-8-13(17)16(20)14(18)9-11/h2-9,20H,1H3/b7-4+. The summed E-state index contributed by atoms with van der Waals surface area (Å²) in [5.74, 6) is 0.0948. The molecule has 0 amide bonds. The SMILES string of the molecule is Cc1ccc(C(=O)/C=C/c2cc(Br)c(O)c(Br)c2)cc1. The maximum absolute atomic E-state index is 12.0. The van der Waals surface area contributed by atoms with Crippen molar-refractivity contribution >= 4 is 43.7 Å². The summed E-state index contributed by atoms with van der Waals surface area (Å²) in [6.45, 7) is 1.98. The summed E-state index contributed by atoms with van der Waals surface area (Å²) in [4.78, 5) is 12.0. The van der Waals surface area contributed by atoms with Crippen LogP contribution >= 0.6 is 31.9 Å². The minimum absolute atomic E-state index is 0.0506. The zero-order valence-electron chi connectivity index (χ0n) is 10.7. The number of phenolic OH excluding ortho intramolecular Hbond substituents is 1. The minimum atomic E-state index is -0.0506. The molecule has 2 aromatic rings. The van der Waals surface area contributed by atoms with E-state index in [0.717, 1.165) is 11.1 Å². The molecule has 2 aromatic carbocycles. The smallest absolute Gasteiger partial charge is 0.185 e. The summed E-state index contributed by atoms with van der Waals surface area (Å²) in [6.07, 6.45) is 3.24. The molecule has 0 aliphatic rings. The highest BCUT2D eigenvalue weighted by molar-refractivity contribution is 9.11. The molecule has 0 saturated carbocycles. The number of ketones is 1. The molecule has 2 rings (SSSR count). The topological polar surface area (TPSA) is 37.3 Å². The molecule has 1 N–H and O–H groups in total. The lowest BCUT2D eigenvalue weighted by Gasteiger charge is -2.02. The van der Waals surface area contributed by atoms with E-state index in [2.05, 4.69) is 31.9 Å². The lowest BCUT2D eigenvalue weighted by atomic mass is 10.1. The summed E-state index contributed by atoms with van der Waals surface area (Å²) in [5.41, 5.74) is 2.60. The first-order valence-corrected chi connectivity index (χ1v) is 7.53. The average Bonchev–Trinajstić information content (AvgIpc) is 2.42. The molecular formula is C16H12Br2O2. The number of hydrogen-bond acceptors (Lipinski definition) is 2. The van der Waals surface area contributed by atoms with Crippen LogP contribution in [0.25, 0.3) is 6.08 Å². The monoisotopic (exact) mass is 394 g/mol. The molecule has 20 heavy (non-hydrogen) atoms. The molecular weight excluding hydrogens is 384 g/mol. The van der Waals surface area contributed by atoms with Crippen LogP contribution in [0.4, 0.5) is 0 Å². The number of carbonyl (C=O) groups is 1. The van der Waals surface area contributed by atoms with Crippen molar-refractivity contribution in [3.8, 4) is 5.75 Å². The van der Waals surface area contributed by atoms with E-state index in [4.69, 9.17) is 0 Å². The van der Waals surface area contributed by atoms with Gasteiger partial charge in [0.1, 0.15) is 5.75 Å². The first-order chi connectivity index (χ1) is 9.47. The number of phenols is 1. The summed E-state index contributed by atoms with van der Waals surface area (Å²) in [5, 5.41) is 9.63. The molecule has 0 aliphatic carbocycles. The predicted molar refractivity (Wildman–Crippen MR) is 88.1 cm³/mol. The fourth-order valence-corrected chi connectivity index (χ4v) is 2.89. The van der Waals surface area contributed by atoms with Crippen molar-refractivity contribution < 1.29 is 9.90 Å². The molecule has 102 valence electrons. The number of rotatable bonds is 3. The van der Waals surface area contributed by atoms with Gasteiger partial charge in [-0.1, -0.05) is 35.9 Å². The Morgan fingerprint density at radius 3 is 2.20 bits per heavy atom. The van der Waals surface area contributed by atoms with E-state index < -0.39 is 0 Å². The van der Waals surface area contributed by atoms with Gasteiger partial charge in [-0.05, 0) is 62.6 Å². The highest BCUT2D eigenvalue weighted by Gasteiger charge is 2.05. The van der Waals surface area contributed by atoms with Gasteiger partial charge in [0.15, 0.2) is 5.78 Å². The number of hydrogen-bond donors (Lipinski definition) is 1. The first kappa shape index (κ1) is 15.0. The molecule has 2 nitrogen and oxygen atoms in total. The van der Waals surface area contributed by atoms with E-state index in [1.54, 1.807) is 18.2 Å². The van der Waals surface area contributed by atoms with Crippen molar-refractivity contribution in [1.82, 2.24) is 0 Å². The fraction of sp³-hybridized carbons (Fsp3) is 0.0625. The third-order valence-electron chi connectivity index (χ3n) is 2.80. The predicted octanol–water partition coefficient (Wildman–Crippen LogP) is 5.12. The Labute approximate surface area is 134 Å². The van der Waals surface area contributed by atoms with Crippen molar-refractivity contribution in [3.05, 3.63) is 68.1 Å². The van der Waals surface area contributed by atoms with E-state index in [9.17, 15) is 9.90 Å². The highest BCUT2D eigenvalue weighted by Crippen LogP contribution is 2.33. The van der Waals surface area contributed by atoms with Crippen LogP contribution in [-0.4, -0.2) is 10.9 Å². The number of aromatic hydroxyl groups is 1. The lowest BCUT2D eigenvalue weighted by molar-refractivity contribution is 0.104. The Hall–Kier alpha value is -1.39. The second-order valence-electron chi connectivity index (χ2n) is 4.40. The van der Waals surface area contributed by atoms with Gasteiger partial charge in [-0.3, -0.25) is 4.79 Å². The summed E-state index contributed by atoms with van der Waals surface area (Å²) < 4.78 is 1.16. The first-order valence-electron chi connectivity index (χ1n) is 5.94. The number of benzene rings is 2. The normalized spacial score (nSPS) is 10.9. The number of halogens is 2. The molecule has 0 atom stereocenters. The molecule has 0 saturated heterocycles. The molecule has 0 bridgehead atoms. The number of aryl methyl sites for hydroxylation is 1. The Kier molecular flexibility index (Phi) is 4.78. The van der Waals surface area contributed by atoms with Crippen molar-refractivity contribution in [1.29, 1.82) is 0 Å². The zero-order chi connectivity index (χ0) is 14.7. The zero-order valence-corrected chi connectivity index (χ0v) is 13.9. The van der Waals surface area contributed by atoms with Crippen molar-refractivity contribution in [3.63, 3.8) is 0 Å². The molecule has 4 heteroatoms. The second-order valence-corrected chi connectivity index (χ2v) is 6.11. The van der Waals surface area contributed by atoms with Gasteiger partial charge in [0.05, 0.1) is 8.95 Å². The second kappa shape index (κ2) is 6.37. The van der Waals surface area contributed by atoms with Crippen molar-refractivity contribution in [2.24, 2.45) is 0 Å². The van der Waals surface area contributed by atoms with E-state index in [1.807, 2.05) is 31.2 Å². The fourth-order valence-electron chi connectivity index (χ4n) is 1.67. The van der Waals surface area contributed by atoms with Crippen LogP contribution in [0.2, 0.25) is 0 Å². The summed E-state index contributed by atoms with van der Waals surface area (Å²) >= 11 is 6.52. The Morgan fingerprint density at radius 2 is 1.65 bits per heavy atom. The van der Waals surface area contributed by atoms with Crippen LogP contribution in [0.15, 0.2) is 51.4 Å². The molecule has 0 heterocycles. The maximum Gasteiger partial charge on any atom is 0.185 e. The van der Waals surface area contributed by atoms with Gasteiger partial charge in [0.25, 0.3) is 0 Å². The maximum atomic E-state index is 12.0. The van der Waals surface area contributed by atoms with E-state index in [1.165, 1.54) is 6.08 Å². The van der Waals surface area contributed by atoms with Gasteiger partial charge in [-0.15, -0.1) is 0 Å². The molecule has 0 fully saturated rings. The van der Waals surface area contributed by atoms with Crippen LogP contribution in [0.3, 0.4) is 0 Å². The third kappa shape index (κ3) is 3.58. The Morgan fingerprint density at radius 1 is 1.10 bits per heavy atom. The van der Waals surface area contributed by atoms with E-state index >= 15 is 0 Å². The van der Waals surface area contributed by atoms with Crippen molar-refractivity contribution in [2.45, 2.75) is 6.92 Å². The summed E-state index contributed by atoms with van der Waals surface area (Å²) in [6, 6.07) is 10.9. The van der Waals surface area contributed by atoms with E-state index in [-0.39, 0.29) is 11.5 Å². The van der Waals surface area contributed by atoms with Crippen LogP contribution in [0, 0.1) is 6.92 Å².